The summed E-state index contributed by atoms with van der Waals surface area (Å²) in [5, 5.41) is 0. The first-order valence-electron chi connectivity index (χ1n) is 4.16. The molecule has 4 N–H and O–H groups in total. The predicted octanol–water partition coefficient (Wildman–Crippen LogP) is 1.61. The van der Waals surface area contributed by atoms with Crippen LogP contribution in [-0.2, 0) is 0 Å². The molecule has 0 amide bonds. The molecule has 0 fully saturated rings. The molecular weight excluding hydrogens is 207 g/mol. The van der Waals surface area contributed by atoms with Crippen LogP contribution in [0.4, 0.5) is 10.1 Å². The zero-order chi connectivity index (χ0) is 9.42. The minimum atomic E-state index is -0.337. The van der Waals surface area contributed by atoms with E-state index in [1.165, 1.54) is 12.1 Å². The smallest absolute Gasteiger partial charge is 0.149 e. The van der Waals surface area contributed by atoms with Gasteiger partial charge in [-0.05, 0) is 12.1 Å². The van der Waals surface area contributed by atoms with E-state index in [1.54, 1.807) is 0 Å². The van der Waals surface area contributed by atoms with Gasteiger partial charge in [-0.15, -0.1) is 12.4 Å². The topological polar surface area (TPSA) is 61.3 Å². The minimum absolute atomic E-state index is 0. The Morgan fingerprint density at radius 2 is 2.14 bits per heavy atom. The summed E-state index contributed by atoms with van der Waals surface area (Å²) in [5.74, 6) is 0.0788. The molecule has 0 spiro atoms. The zero-order valence-electron chi connectivity index (χ0n) is 7.50. The van der Waals surface area contributed by atoms with Crippen LogP contribution in [0, 0.1) is 5.82 Å². The fourth-order valence-electron chi connectivity index (χ4n) is 1.53. The van der Waals surface area contributed by atoms with Crippen molar-refractivity contribution in [2.75, 3.05) is 12.3 Å². The number of ether oxygens (including phenoxy) is 1. The van der Waals surface area contributed by atoms with Gasteiger partial charge in [0.1, 0.15) is 11.6 Å². The lowest BCUT2D eigenvalue weighted by Crippen LogP contribution is -2.22. The Balaban J connectivity index is 0.000000980. The van der Waals surface area contributed by atoms with Gasteiger partial charge in [0.2, 0.25) is 0 Å². The molecule has 0 aliphatic carbocycles. The largest absolute Gasteiger partial charge is 0.491 e. The zero-order valence-corrected chi connectivity index (χ0v) is 8.31. The Morgan fingerprint density at radius 1 is 1.43 bits per heavy atom. The molecule has 5 heteroatoms. The fourth-order valence-corrected chi connectivity index (χ4v) is 1.53. The molecule has 0 aromatic heterocycles. The van der Waals surface area contributed by atoms with Crippen molar-refractivity contribution >= 4 is 18.1 Å². The number of nitrogen functional groups attached to an aromatic ring is 1. The molecule has 0 radical (unpaired) electrons. The molecule has 0 saturated heterocycles. The highest BCUT2D eigenvalue weighted by Crippen LogP contribution is 2.36. The molecule has 0 saturated carbocycles. The van der Waals surface area contributed by atoms with Crippen LogP contribution >= 0.6 is 12.4 Å². The number of benzene rings is 1. The third-order valence-electron chi connectivity index (χ3n) is 2.22. The van der Waals surface area contributed by atoms with Crippen LogP contribution in [-0.4, -0.2) is 6.61 Å². The highest BCUT2D eigenvalue weighted by atomic mass is 35.5. The van der Waals surface area contributed by atoms with Gasteiger partial charge in [-0.25, -0.2) is 4.39 Å². The summed E-state index contributed by atoms with van der Waals surface area (Å²) >= 11 is 0. The monoisotopic (exact) mass is 218 g/mol. The predicted molar refractivity (Wildman–Crippen MR) is 55.1 cm³/mol. The van der Waals surface area contributed by atoms with Crippen molar-refractivity contribution in [2.45, 2.75) is 12.5 Å². The maximum atomic E-state index is 13.3. The van der Waals surface area contributed by atoms with Crippen molar-refractivity contribution in [2.24, 2.45) is 5.73 Å². The number of halogens is 2. The highest BCUT2D eigenvalue weighted by molar-refractivity contribution is 5.85. The van der Waals surface area contributed by atoms with Crippen LogP contribution in [0.25, 0.3) is 0 Å². The molecular formula is C9H12ClFN2O. The van der Waals surface area contributed by atoms with Gasteiger partial charge in [0.15, 0.2) is 0 Å². The van der Waals surface area contributed by atoms with Crippen LogP contribution in [0.5, 0.6) is 5.75 Å². The van der Waals surface area contributed by atoms with Crippen LogP contribution in [0.3, 0.4) is 0 Å². The second-order valence-electron chi connectivity index (χ2n) is 3.12. The van der Waals surface area contributed by atoms with E-state index in [2.05, 4.69) is 0 Å². The van der Waals surface area contributed by atoms with Crippen molar-refractivity contribution in [3.63, 3.8) is 0 Å². The van der Waals surface area contributed by atoms with Crippen LogP contribution in [0.15, 0.2) is 12.1 Å². The van der Waals surface area contributed by atoms with Gasteiger partial charge in [-0.1, -0.05) is 0 Å². The summed E-state index contributed by atoms with van der Waals surface area (Å²) in [5.41, 5.74) is 12.2. The van der Waals surface area contributed by atoms with Gasteiger partial charge in [-0.3, -0.25) is 0 Å². The molecule has 1 aliphatic rings. The quantitative estimate of drug-likeness (QED) is 0.651. The number of anilines is 1. The molecule has 1 atom stereocenters. The van der Waals surface area contributed by atoms with Crippen molar-refractivity contribution in [3.05, 3.63) is 23.5 Å². The number of hydrogen-bond acceptors (Lipinski definition) is 3. The van der Waals surface area contributed by atoms with Crippen molar-refractivity contribution in [1.82, 2.24) is 0 Å². The first kappa shape index (κ1) is 11.1. The van der Waals surface area contributed by atoms with E-state index in [9.17, 15) is 4.39 Å². The van der Waals surface area contributed by atoms with Crippen molar-refractivity contribution < 1.29 is 9.13 Å². The number of nitrogens with two attached hydrogens (primary N) is 2. The normalized spacial score (nSPS) is 19.1. The van der Waals surface area contributed by atoms with E-state index in [0.29, 0.717) is 30.0 Å². The molecule has 1 aromatic rings. The number of rotatable bonds is 0. The van der Waals surface area contributed by atoms with Gasteiger partial charge < -0.3 is 16.2 Å². The Bertz CT molecular complexity index is 346. The molecule has 0 bridgehead atoms. The van der Waals surface area contributed by atoms with E-state index in [0.717, 1.165) is 0 Å². The van der Waals surface area contributed by atoms with E-state index >= 15 is 0 Å². The third-order valence-corrected chi connectivity index (χ3v) is 2.22. The lowest BCUT2D eigenvalue weighted by atomic mass is 10.00. The fraction of sp³-hybridized carbons (Fsp3) is 0.333. The van der Waals surface area contributed by atoms with E-state index in [-0.39, 0.29) is 24.3 Å². The minimum Gasteiger partial charge on any atom is -0.491 e. The Morgan fingerprint density at radius 3 is 2.79 bits per heavy atom. The van der Waals surface area contributed by atoms with Gasteiger partial charge in [0, 0.05) is 18.0 Å². The van der Waals surface area contributed by atoms with Crippen LogP contribution < -0.4 is 16.2 Å². The van der Waals surface area contributed by atoms with E-state index in [4.69, 9.17) is 16.2 Å². The average molecular weight is 219 g/mol. The maximum Gasteiger partial charge on any atom is 0.149 e. The summed E-state index contributed by atoms with van der Waals surface area (Å²) < 4.78 is 18.5. The molecule has 1 aliphatic heterocycles. The lowest BCUT2D eigenvalue weighted by molar-refractivity contribution is 0.265. The number of fused-ring (bicyclic) bond motifs is 1. The second kappa shape index (κ2) is 4.02. The third kappa shape index (κ3) is 1.63. The van der Waals surface area contributed by atoms with Crippen molar-refractivity contribution in [3.8, 4) is 5.75 Å². The maximum absolute atomic E-state index is 13.3. The second-order valence-corrected chi connectivity index (χ2v) is 3.12. The van der Waals surface area contributed by atoms with Gasteiger partial charge in [-0.2, -0.15) is 0 Å². The van der Waals surface area contributed by atoms with Gasteiger partial charge in [0.25, 0.3) is 0 Å². The summed E-state index contributed by atoms with van der Waals surface area (Å²) in [7, 11) is 0. The highest BCUT2D eigenvalue weighted by Gasteiger charge is 2.23. The van der Waals surface area contributed by atoms with E-state index < -0.39 is 0 Å². The summed E-state index contributed by atoms with van der Waals surface area (Å²) in [6, 6.07) is 2.52. The van der Waals surface area contributed by atoms with Crippen LogP contribution in [0.1, 0.15) is 18.0 Å². The number of hydrogen-bond donors (Lipinski definition) is 2. The average Bonchev–Trinajstić information content (AvgIpc) is 2.12. The van der Waals surface area contributed by atoms with Gasteiger partial charge >= 0.3 is 0 Å². The first-order valence-corrected chi connectivity index (χ1v) is 4.16. The summed E-state index contributed by atoms with van der Waals surface area (Å²) in [6.07, 6.45) is 0.632. The lowest BCUT2D eigenvalue weighted by Gasteiger charge is -2.24. The van der Waals surface area contributed by atoms with Crippen LogP contribution in [0.2, 0.25) is 0 Å². The van der Waals surface area contributed by atoms with Crippen molar-refractivity contribution in [1.29, 1.82) is 0 Å². The first-order chi connectivity index (χ1) is 6.20. The molecule has 1 heterocycles. The molecule has 14 heavy (non-hydrogen) atoms. The molecule has 0 unspecified atom stereocenters. The SMILES string of the molecule is Cl.Nc1ccc(F)c2c1OCC[C@@H]2N. The standard InChI is InChI=1S/C9H11FN2O.ClH/c10-5-1-2-7(12)9-8(5)6(11)3-4-13-9;/h1-2,6H,3-4,11-12H2;1H/t6-;/m0./s1. The summed E-state index contributed by atoms with van der Waals surface area (Å²) in [4.78, 5) is 0. The van der Waals surface area contributed by atoms with E-state index in [1.807, 2.05) is 0 Å². The van der Waals surface area contributed by atoms with Gasteiger partial charge in [0.05, 0.1) is 12.3 Å². The molecule has 78 valence electrons. The Labute approximate surface area is 87.6 Å². The summed E-state index contributed by atoms with van der Waals surface area (Å²) in [6.45, 7) is 0.502. The Kier molecular flexibility index (Phi) is 3.18. The Hall–Kier alpha value is -1.00. The molecule has 1 aromatic carbocycles. The molecule has 2 rings (SSSR count). The molecule has 3 nitrogen and oxygen atoms in total.